The summed E-state index contributed by atoms with van der Waals surface area (Å²) in [6.45, 7) is 1.74. The summed E-state index contributed by atoms with van der Waals surface area (Å²) in [5, 5.41) is 11.2. The van der Waals surface area contributed by atoms with Gasteiger partial charge in [-0.1, -0.05) is 30.3 Å². The molecular weight excluding hydrogens is 340 g/mol. The van der Waals surface area contributed by atoms with Crippen LogP contribution in [0.25, 0.3) is 11.0 Å². The molecule has 130 valence electrons. The van der Waals surface area contributed by atoms with Crippen LogP contribution >= 0.6 is 11.6 Å². The first-order valence-corrected chi connectivity index (χ1v) is 8.58. The molecule has 0 fully saturated rings. The Hall–Kier alpha value is -2.67. The second-order valence-electron chi connectivity index (χ2n) is 5.47. The van der Waals surface area contributed by atoms with Gasteiger partial charge in [-0.15, -0.1) is 11.6 Å². The van der Waals surface area contributed by atoms with Gasteiger partial charge < -0.3 is 10.6 Å². The zero-order valence-electron chi connectivity index (χ0n) is 13.7. The summed E-state index contributed by atoms with van der Waals surface area (Å²) < 4.78 is 1.74. The third-order valence-electron chi connectivity index (χ3n) is 3.75. The predicted molar refractivity (Wildman–Crippen MR) is 97.7 cm³/mol. The van der Waals surface area contributed by atoms with Crippen molar-refractivity contribution in [2.75, 3.05) is 24.3 Å². The van der Waals surface area contributed by atoms with Crippen LogP contribution < -0.4 is 10.6 Å². The summed E-state index contributed by atoms with van der Waals surface area (Å²) in [4.78, 5) is 19.8. The Balaban J connectivity index is 1.63. The average Bonchev–Trinajstić information content (AvgIpc) is 3.06. The number of carbonyl (C=O) groups is 1. The molecule has 3 rings (SSSR count). The Bertz CT molecular complexity index is 836. The third kappa shape index (κ3) is 4.45. The second-order valence-corrected chi connectivity index (χ2v) is 5.74. The molecule has 3 aromatic rings. The Labute approximate surface area is 150 Å². The van der Waals surface area contributed by atoms with Crippen LogP contribution in [0.1, 0.15) is 5.56 Å². The summed E-state index contributed by atoms with van der Waals surface area (Å²) in [7, 11) is 0. The van der Waals surface area contributed by atoms with Gasteiger partial charge in [0.15, 0.2) is 5.65 Å². The van der Waals surface area contributed by atoms with E-state index >= 15 is 0 Å². The highest BCUT2D eigenvalue weighted by atomic mass is 35.5. The van der Waals surface area contributed by atoms with Crippen molar-refractivity contribution in [1.82, 2.24) is 25.1 Å². The van der Waals surface area contributed by atoms with Crippen LogP contribution in [0, 0.1) is 0 Å². The number of benzene rings is 1. The Kier molecular flexibility index (Phi) is 5.79. The minimum atomic E-state index is -0.198. The number of hydrogen-bond donors (Lipinski definition) is 2. The molecule has 8 heteroatoms. The molecular formula is C17H19ClN6O. The number of halogens is 1. The van der Waals surface area contributed by atoms with Gasteiger partial charge in [-0.05, 0) is 12.0 Å². The number of nitrogens with one attached hydrogen (secondary N) is 2. The van der Waals surface area contributed by atoms with Crippen LogP contribution in [0.15, 0.2) is 42.9 Å². The number of anilines is 1. The van der Waals surface area contributed by atoms with Crippen molar-refractivity contribution in [3.63, 3.8) is 0 Å². The number of aromatic nitrogens is 4. The first-order chi connectivity index (χ1) is 12.3. The van der Waals surface area contributed by atoms with Crippen molar-refractivity contribution < 1.29 is 4.79 Å². The SMILES string of the molecule is O=C(CCl)NCCn1ncc2c(NCCc3ccccc3)ncnc21. The molecule has 0 aliphatic carbocycles. The molecule has 0 unspecified atom stereocenters. The molecule has 7 nitrogen and oxygen atoms in total. The molecule has 2 aromatic heterocycles. The Morgan fingerprint density at radius 1 is 1.16 bits per heavy atom. The maximum atomic E-state index is 11.2. The Morgan fingerprint density at radius 2 is 2.00 bits per heavy atom. The van der Waals surface area contributed by atoms with E-state index in [0.29, 0.717) is 13.1 Å². The minimum Gasteiger partial charge on any atom is -0.369 e. The molecule has 0 atom stereocenters. The van der Waals surface area contributed by atoms with Gasteiger partial charge in [0, 0.05) is 13.1 Å². The first-order valence-electron chi connectivity index (χ1n) is 8.05. The van der Waals surface area contributed by atoms with Crippen molar-refractivity contribution in [3.05, 3.63) is 48.4 Å². The monoisotopic (exact) mass is 358 g/mol. The molecule has 2 N–H and O–H groups in total. The van der Waals surface area contributed by atoms with Gasteiger partial charge in [0.2, 0.25) is 5.91 Å². The van der Waals surface area contributed by atoms with Gasteiger partial charge >= 0.3 is 0 Å². The van der Waals surface area contributed by atoms with Gasteiger partial charge in [0.1, 0.15) is 18.0 Å². The topological polar surface area (TPSA) is 84.7 Å². The molecule has 2 heterocycles. The highest BCUT2D eigenvalue weighted by Crippen LogP contribution is 2.18. The van der Waals surface area contributed by atoms with E-state index in [1.165, 1.54) is 11.9 Å². The van der Waals surface area contributed by atoms with Crippen molar-refractivity contribution in [3.8, 4) is 0 Å². The van der Waals surface area contributed by atoms with Gasteiger partial charge in [0.05, 0.1) is 18.1 Å². The summed E-state index contributed by atoms with van der Waals surface area (Å²) in [6.07, 6.45) is 4.16. The highest BCUT2D eigenvalue weighted by Gasteiger charge is 2.09. The van der Waals surface area contributed by atoms with E-state index in [1.54, 1.807) is 10.9 Å². The van der Waals surface area contributed by atoms with Crippen LogP contribution in [-0.4, -0.2) is 44.6 Å². The molecule has 25 heavy (non-hydrogen) atoms. The molecule has 0 saturated carbocycles. The molecule has 0 radical (unpaired) electrons. The first kappa shape index (κ1) is 17.2. The van der Waals surface area contributed by atoms with Crippen molar-refractivity contribution in [1.29, 1.82) is 0 Å². The second kappa shape index (κ2) is 8.43. The van der Waals surface area contributed by atoms with E-state index in [-0.39, 0.29) is 11.8 Å². The van der Waals surface area contributed by atoms with Crippen LogP contribution in [0.2, 0.25) is 0 Å². The summed E-state index contributed by atoms with van der Waals surface area (Å²) in [6, 6.07) is 10.3. The van der Waals surface area contributed by atoms with Crippen LogP contribution in [0.3, 0.4) is 0 Å². The van der Waals surface area contributed by atoms with Gasteiger partial charge in [-0.25, -0.2) is 14.6 Å². The van der Waals surface area contributed by atoms with Crippen LogP contribution in [-0.2, 0) is 17.8 Å². The number of carbonyl (C=O) groups excluding carboxylic acids is 1. The molecule has 0 aliphatic rings. The van der Waals surface area contributed by atoms with Gasteiger partial charge in [0.25, 0.3) is 0 Å². The van der Waals surface area contributed by atoms with E-state index in [4.69, 9.17) is 11.6 Å². The molecule has 0 saturated heterocycles. The maximum Gasteiger partial charge on any atom is 0.234 e. The average molecular weight is 359 g/mol. The maximum absolute atomic E-state index is 11.2. The lowest BCUT2D eigenvalue weighted by atomic mass is 10.1. The molecule has 0 bridgehead atoms. The highest BCUT2D eigenvalue weighted by molar-refractivity contribution is 6.27. The number of rotatable bonds is 8. The number of nitrogens with zero attached hydrogens (tertiary/aromatic N) is 4. The zero-order chi connectivity index (χ0) is 17.5. The minimum absolute atomic E-state index is 0.0441. The molecule has 1 aromatic carbocycles. The standard InChI is InChI=1S/C17H19ClN6O/c18-10-15(25)19-8-9-24-17-14(11-23-24)16(21-12-22-17)20-7-6-13-4-2-1-3-5-13/h1-5,11-12H,6-10H2,(H,19,25)(H,20,21,22). The number of fused-ring (bicyclic) bond motifs is 1. The molecule has 0 spiro atoms. The fourth-order valence-corrected chi connectivity index (χ4v) is 2.61. The van der Waals surface area contributed by atoms with E-state index in [2.05, 4.69) is 37.8 Å². The normalized spacial score (nSPS) is 10.8. The fourth-order valence-electron chi connectivity index (χ4n) is 2.52. The van der Waals surface area contributed by atoms with Crippen molar-refractivity contribution >= 4 is 34.4 Å². The van der Waals surface area contributed by atoms with E-state index in [0.717, 1.165) is 29.8 Å². The fraction of sp³-hybridized carbons (Fsp3) is 0.294. The molecule has 1 amide bonds. The molecule has 0 aliphatic heterocycles. The lowest BCUT2D eigenvalue weighted by molar-refractivity contribution is -0.118. The van der Waals surface area contributed by atoms with Crippen LogP contribution in [0.4, 0.5) is 5.82 Å². The van der Waals surface area contributed by atoms with Gasteiger partial charge in [-0.3, -0.25) is 4.79 Å². The van der Waals surface area contributed by atoms with Crippen molar-refractivity contribution in [2.24, 2.45) is 0 Å². The van der Waals surface area contributed by atoms with Crippen LogP contribution in [0.5, 0.6) is 0 Å². The third-order valence-corrected chi connectivity index (χ3v) is 3.99. The lowest BCUT2D eigenvalue weighted by Gasteiger charge is -2.07. The largest absolute Gasteiger partial charge is 0.369 e. The quantitative estimate of drug-likeness (QED) is 0.600. The number of amides is 1. The van der Waals surface area contributed by atoms with E-state index in [9.17, 15) is 4.79 Å². The number of hydrogen-bond acceptors (Lipinski definition) is 5. The smallest absolute Gasteiger partial charge is 0.234 e. The van der Waals surface area contributed by atoms with E-state index in [1.807, 2.05) is 18.2 Å². The zero-order valence-corrected chi connectivity index (χ0v) is 14.4. The summed E-state index contributed by atoms with van der Waals surface area (Å²) in [5.41, 5.74) is 2.00. The predicted octanol–water partition coefficient (Wildman–Crippen LogP) is 1.84. The number of alkyl halides is 1. The van der Waals surface area contributed by atoms with Gasteiger partial charge in [-0.2, -0.15) is 5.10 Å². The van der Waals surface area contributed by atoms with E-state index < -0.39 is 0 Å². The lowest BCUT2D eigenvalue weighted by Crippen LogP contribution is -2.28. The summed E-state index contributed by atoms with van der Waals surface area (Å²) >= 11 is 5.46. The van der Waals surface area contributed by atoms with Crippen molar-refractivity contribution in [2.45, 2.75) is 13.0 Å². The Morgan fingerprint density at radius 3 is 2.80 bits per heavy atom. The summed E-state index contributed by atoms with van der Waals surface area (Å²) in [5.74, 6) is 0.519.